The zero-order valence-corrected chi connectivity index (χ0v) is 21.6. The Balaban J connectivity index is 1.15. The number of hydrogen-bond acceptors (Lipinski definition) is 6. The van der Waals surface area contributed by atoms with Crippen molar-refractivity contribution < 1.29 is 14.3 Å². The highest BCUT2D eigenvalue weighted by molar-refractivity contribution is 5.79. The van der Waals surface area contributed by atoms with Gasteiger partial charge in [-0.3, -0.25) is 14.6 Å². The van der Waals surface area contributed by atoms with Crippen LogP contribution in [0.4, 0.5) is 5.82 Å². The van der Waals surface area contributed by atoms with Crippen LogP contribution in [0.15, 0.2) is 48.7 Å². The summed E-state index contributed by atoms with van der Waals surface area (Å²) in [5.74, 6) is 1.51. The first kappa shape index (κ1) is 25.2. The van der Waals surface area contributed by atoms with Gasteiger partial charge in [0.1, 0.15) is 5.82 Å². The molecule has 2 aromatic heterocycles. The molecule has 37 heavy (non-hydrogen) atoms. The number of fused-ring (bicyclic) bond motifs is 2. The zero-order chi connectivity index (χ0) is 25.6. The number of carbonyl (C=O) groups is 2. The van der Waals surface area contributed by atoms with Crippen molar-refractivity contribution in [3.05, 3.63) is 65.5 Å². The van der Waals surface area contributed by atoms with Crippen LogP contribution >= 0.6 is 0 Å². The second kappa shape index (κ2) is 11.7. The van der Waals surface area contributed by atoms with Crippen molar-refractivity contribution in [3.63, 3.8) is 0 Å². The molecule has 4 heterocycles. The second-order valence-corrected chi connectivity index (χ2v) is 10.3. The molecule has 1 fully saturated rings. The molecule has 0 spiro atoms. The number of piperidine rings is 1. The van der Waals surface area contributed by atoms with E-state index in [-0.39, 0.29) is 17.8 Å². The van der Waals surface area contributed by atoms with Crippen LogP contribution in [0.3, 0.4) is 0 Å². The maximum Gasteiger partial charge on any atom is 0.306 e. The highest BCUT2D eigenvalue weighted by Crippen LogP contribution is 2.33. The number of aryl methyl sites for hydroxylation is 2. The number of rotatable bonds is 8. The number of methoxy groups -OCH3 is 1. The van der Waals surface area contributed by atoms with Gasteiger partial charge in [0.2, 0.25) is 5.91 Å². The molecule has 2 aliphatic rings. The number of nitrogens with zero attached hydrogens (tertiary/aromatic N) is 3. The maximum absolute atomic E-state index is 12.9. The quantitative estimate of drug-likeness (QED) is 0.443. The lowest BCUT2D eigenvalue weighted by Gasteiger charge is -2.34. The van der Waals surface area contributed by atoms with Gasteiger partial charge in [-0.2, -0.15) is 0 Å². The molecule has 1 saturated heterocycles. The zero-order valence-electron chi connectivity index (χ0n) is 21.6. The third-order valence-electron chi connectivity index (χ3n) is 7.86. The monoisotopic (exact) mass is 500 g/mol. The van der Waals surface area contributed by atoms with Crippen molar-refractivity contribution in [2.45, 2.75) is 57.3 Å². The van der Waals surface area contributed by atoms with Gasteiger partial charge in [0.15, 0.2) is 0 Å². The van der Waals surface area contributed by atoms with Crippen LogP contribution in [0.2, 0.25) is 0 Å². The van der Waals surface area contributed by atoms with E-state index in [9.17, 15) is 9.59 Å². The fourth-order valence-corrected chi connectivity index (χ4v) is 5.65. The van der Waals surface area contributed by atoms with Gasteiger partial charge in [-0.1, -0.05) is 24.3 Å². The molecule has 1 N–H and O–H groups in total. The van der Waals surface area contributed by atoms with E-state index in [1.807, 2.05) is 29.3 Å². The van der Waals surface area contributed by atoms with Crippen molar-refractivity contribution in [1.29, 1.82) is 0 Å². The number of anilines is 1. The lowest BCUT2D eigenvalue weighted by molar-refractivity contribution is -0.141. The lowest BCUT2D eigenvalue weighted by atomic mass is 9.82. The van der Waals surface area contributed by atoms with Crippen LogP contribution in [0.25, 0.3) is 10.9 Å². The first-order chi connectivity index (χ1) is 18.1. The number of pyridine rings is 2. The average molecular weight is 501 g/mol. The molecule has 1 aromatic carbocycles. The summed E-state index contributed by atoms with van der Waals surface area (Å²) in [5, 5.41) is 4.45. The first-order valence-electron chi connectivity index (χ1n) is 13.5. The molecule has 194 valence electrons. The van der Waals surface area contributed by atoms with E-state index >= 15 is 0 Å². The number of esters is 1. The summed E-state index contributed by atoms with van der Waals surface area (Å²) in [5.41, 5.74) is 4.28. The smallest absolute Gasteiger partial charge is 0.306 e. The van der Waals surface area contributed by atoms with E-state index in [1.165, 1.54) is 12.7 Å². The Morgan fingerprint density at radius 2 is 2.00 bits per heavy atom. The summed E-state index contributed by atoms with van der Waals surface area (Å²) in [6.45, 7) is 2.50. The van der Waals surface area contributed by atoms with Crippen LogP contribution in [0.5, 0.6) is 0 Å². The van der Waals surface area contributed by atoms with Crippen molar-refractivity contribution >= 4 is 28.6 Å². The molecular formula is C30H36N4O3. The van der Waals surface area contributed by atoms with Gasteiger partial charge in [0.25, 0.3) is 0 Å². The van der Waals surface area contributed by atoms with E-state index in [1.54, 1.807) is 0 Å². The highest BCUT2D eigenvalue weighted by atomic mass is 16.5. The van der Waals surface area contributed by atoms with Crippen molar-refractivity contribution in [2.75, 3.05) is 32.1 Å². The topological polar surface area (TPSA) is 84.4 Å². The minimum atomic E-state index is -0.197. The van der Waals surface area contributed by atoms with E-state index < -0.39 is 0 Å². The molecule has 2 aliphatic heterocycles. The summed E-state index contributed by atoms with van der Waals surface area (Å²) in [4.78, 5) is 36.5. The lowest BCUT2D eigenvalue weighted by Crippen LogP contribution is -2.39. The average Bonchev–Trinajstić information content (AvgIpc) is 2.95. The van der Waals surface area contributed by atoms with E-state index in [0.29, 0.717) is 25.2 Å². The van der Waals surface area contributed by atoms with Crippen LogP contribution < -0.4 is 5.32 Å². The van der Waals surface area contributed by atoms with E-state index in [0.717, 1.165) is 79.7 Å². The molecule has 0 aliphatic carbocycles. The first-order valence-corrected chi connectivity index (χ1v) is 13.5. The molecule has 1 atom stereocenters. The molecule has 1 amide bonds. The normalized spacial score (nSPS) is 16.6. The van der Waals surface area contributed by atoms with Crippen LogP contribution in [-0.2, 0) is 27.2 Å². The molecule has 7 heteroatoms. The number of nitrogens with one attached hydrogen (secondary N) is 1. The van der Waals surface area contributed by atoms with Crippen LogP contribution in [0.1, 0.15) is 61.3 Å². The molecule has 5 rings (SSSR count). The van der Waals surface area contributed by atoms with Gasteiger partial charge in [0, 0.05) is 43.3 Å². The predicted molar refractivity (Wildman–Crippen MR) is 144 cm³/mol. The number of para-hydroxylation sites is 1. The number of aromatic nitrogens is 2. The van der Waals surface area contributed by atoms with Crippen molar-refractivity contribution in [1.82, 2.24) is 14.9 Å². The molecule has 1 unspecified atom stereocenters. The molecular weight excluding hydrogens is 464 g/mol. The summed E-state index contributed by atoms with van der Waals surface area (Å²) in [6.07, 6.45) is 8.41. The van der Waals surface area contributed by atoms with E-state index in [2.05, 4.69) is 34.6 Å². The third kappa shape index (κ3) is 6.27. The second-order valence-electron chi connectivity index (χ2n) is 10.3. The predicted octanol–water partition coefficient (Wildman–Crippen LogP) is 4.90. The minimum absolute atomic E-state index is 0.0560. The van der Waals surface area contributed by atoms with Crippen LogP contribution in [0, 0.1) is 5.92 Å². The molecule has 0 bridgehead atoms. The van der Waals surface area contributed by atoms with Gasteiger partial charge in [-0.15, -0.1) is 0 Å². The Hall–Kier alpha value is -3.48. The fraction of sp³-hybridized carbons (Fsp3) is 0.467. The SMILES string of the molecule is COC(=O)CC(CC1CCN(C(=O)CCc2ccc3c(n2)NCCC3)CC1)c1cnc2ccccc2c1. The van der Waals surface area contributed by atoms with Gasteiger partial charge < -0.3 is 15.0 Å². The van der Waals surface area contributed by atoms with E-state index in [4.69, 9.17) is 9.72 Å². The number of ether oxygens (including phenoxy) is 1. The fourth-order valence-electron chi connectivity index (χ4n) is 5.65. The summed E-state index contributed by atoms with van der Waals surface area (Å²) in [7, 11) is 1.44. The van der Waals surface area contributed by atoms with Gasteiger partial charge in [-0.25, -0.2) is 4.98 Å². The Labute approximate surface area is 218 Å². The Morgan fingerprint density at radius 1 is 1.16 bits per heavy atom. The number of benzene rings is 1. The molecule has 7 nitrogen and oxygen atoms in total. The Morgan fingerprint density at radius 3 is 2.84 bits per heavy atom. The Bertz CT molecular complexity index is 1250. The summed E-state index contributed by atoms with van der Waals surface area (Å²) in [6, 6.07) is 14.4. The minimum Gasteiger partial charge on any atom is -0.469 e. The largest absolute Gasteiger partial charge is 0.469 e. The highest BCUT2D eigenvalue weighted by Gasteiger charge is 2.27. The number of likely N-dealkylation sites (tertiary alicyclic amines) is 1. The third-order valence-corrected chi connectivity index (χ3v) is 7.86. The van der Waals surface area contributed by atoms with Gasteiger partial charge >= 0.3 is 5.97 Å². The van der Waals surface area contributed by atoms with Crippen LogP contribution in [-0.4, -0.2) is 53.5 Å². The van der Waals surface area contributed by atoms with Gasteiger partial charge in [0.05, 0.1) is 19.0 Å². The standard InChI is InChI=1S/C30H36N4O3/c1-37-29(36)19-24(25-18-23-5-2-3-7-27(23)32-20-25)17-21-12-15-34(16-13-21)28(35)11-10-26-9-8-22-6-4-14-31-30(22)33-26/h2-3,5,7-9,18,20-21,24H,4,6,10-17,19H2,1H3,(H,31,33). The van der Waals surface area contributed by atoms with Gasteiger partial charge in [-0.05, 0) is 79.7 Å². The molecule has 3 aromatic rings. The summed E-state index contributed by atoms with van der Waals surface area (Å²) < 4.78 is 5.00. The summed E-state index contributed by atoms with van der Waals surface area (Å²) >= 11 is 0. The number of hydrogen-bond donors (Lipinski definition) is 1. The number of carbonyl (C=O) groups excluding carboxylic acids is 2. The van der Waals surface area contributed by atoms with Crippen molar-refractivity contribution in [3.8, 4) is 0 Å². The van der Waals surface area contributed by atoms with Crippen molar-refractivity contribution in [2.24, 2.45) is 5.92 Å². The molecule has 0 radical (unpaired) electrons. The molecule has 0 saturated carbocycles. The number of amides is 1. The Kier molecular flexibility index (Phi) is 7.97. The maximum atomic E-state index is 12.9.